The van der Waals surface area contributed by atoms with Gasteiger partial charge < -0.3 is 5.32 Å². The van der Waals surface area contributed by atoms with Crippen molar-refractivity contribution in [1.82, 2.24) is 5.32 Å². The summed E-state index contributed by atoms with van der Waals surface area (Å²) in [6.45, 7) is 7.37. The van der Waals surface area contributed by atoms with Crippen LogP contribution in [0.25, 0.3) is 0 Å². The molecule has 1 aliphatic heterocycles. The highest BCUT2D eigenvalue weighted by Crippen LogP contribution is 2.36. The molecule has 1 heteroatoms. The Bertz CT molecular complexity index is 164. The van der Waals surface area contributed by atoms with E-state index in [-0.39, 0.29) is 0 Å². The zero-order valence-corrected chi connectivity index (χ0v) is 9.76. The number of rotatable bonds is 3. The average Bonchev–Trinajstić information content (AvgIpc) is 2.12. The SMILES string of the molecule is CC(C)C1CCC(CC2CNC2)CC1. The third kappa shape index (κ3) is 2.50. The highest BCUT2D eigenvalue weighted by Gasteiger charge is 2.27. The van der Waals surface area contributed by atoms with E-state index >= 15 is 0 Å². The Morgan fingerprint density at radius 2 is 1.64 bits per heavy atom. The van der Waals surface area contributed by atoms with Crippen molar-refractivity contribution in [2.45, 2.75) is 46.0 Å². The lowest BCUT2D eigenvalue weighted by molar-refractivity contribution is 0.181. The minimum atomic E-state index is 0.918. The summed E-state index contributed by atoms with van der Waals surface area (Å²) in [5, 5.41) is 3.38. The summed E-state index contributed by atoms with van der Waals surface area (Å²) in [5.41, 5.74) is 0. The Morgan fingerprint density at radius 1 is 1.00 bits per heavy atom. The predicted octanol–water partition coefficient (Wildman–Crippen LogP) is 3.06. The van der Waals surface area contributed by atoms with Crippen LogP contribution >= 0.6 is 0 Å². The van der Waals surface area contributed by atoms with E-state index in [1.54, 1.807) is 0 Å². The fourth-order valence-electron chi connectivity index (χ4n) is 3.08. The molecular formula is C13H25N. The number of hydrogen-bond donors (Lipinski definition) is 1. The van der Waals surface area contributed by atoms with E-state index in [9.17, 15) is 0 Å². The van der Waals surface area contributed by atoms with Crippen molar-refractivity contribution in [2.24, 2.45) is 23.7 Å². The van der Waals surface area contributed by atoms with E-state index < -0.39 is 0 Å². The van der Waals surface area contributed by atoms with Crippen molar-refractivity contribution < 1.29 is 0 Å². The topological polar surface area (TPSA) is 12.0 Å². The number of hydrogen-bond acceptors (Lipinski definition) is 1. The van der Waals surface area contributed by atoms with Gasteiger partial charge in [-0.3, -0.25) is 0 Å². The fourth-order valence-corrected chi connectivity index (χ4v) is 3.08. The minimum absolute atomic E-state index is 0.918. The lowest BCUT2D eigenvalue weighted by Gasteiger charge is -2.35. The molecule has 0 atom stereocenters. The Labute approximate surface area is 88.7 Å². The largest absolute Gasteiger partial charge is 0.316 e. The Morgan fingerprint density at radius 3 is 2.07 bits per heavy atom. The Balaban J connectivity index is 1.67. The van der Waals surface area contributed by atoms with Gasteiger partial charge in [0.2, 0.25) is 0 Å². The summed E-state index contributed by atoms with van der Waals surface area (Å²) in [6, 6.07) is 0. The van der Waals surface area contributed by atoms with Gasteiger partial charge in [-0.25, -0.2) is 0 Å². The van der Waals surface area contributed by atoms with Gasteiger partial charge in [-0.1, -0.05) is 26.7 Å². The van der Waals surface area contributed by atoms with E-state index in [1.807, 2.05) is 0 Å². The van der Waals surface area contributed by atoms with E-state index in [4.69, 9.17) is 0 Å². The smallest absolute Gasteiger partial charge is 0.000815 e. The second-order valence-corrected chi connectivity index (χ2v) is 5.78. The molecule has 0 bridgehead atoms. The molecule has 2 fully saturated rings. The molecule has 1 nitrogen and oxygen atoms in total. The van der Waals surface area contributed by atoms with Crippen LogP contribution in [0.2, 0.25) is 0 Å². The highest BCUT2D eigenvalue weighted by atomic mass is 14.9. The molecule has 0 amide bonds. The second kappa shape index (κ2) is 4.65. The van der Waals surface area contributed by atoms with E-state index in [1.165, 1.54) is 45.2 Å². The molecule has 0 aromatic heterocycles. The summed E-state index contributed by atoms with van der Waals surface area (Å²) in [7, 11) is 0. The first-order chi connectivity index (χ1) is 6.75. The van der Waals surface area contributed by atoms with Gasteiger partial charge in [0, 0.05) is 0 Å². The van der Waals surface area contributed by atoms with E-state index in [0.717, 1.165) is 23.7 Å². The van der Waals surface area contributed by atoms with Crippen molar-refractivity contribution >= 4 is 0 Å². The summed E-state index contributed by atoms with van der Waals surface area (Å²) in [4.78, 5) is 0. The van der Waals surface area contributed by atoms with Crippen LogP contribution in [0.5, 0.6) is 0 Å². The van der Waals surface area contributed by atoms with Gasteiger partial charge in [0.25, 0.3) is 0 Å². The summed E-state index contributed by atoms with van der Waals surface area (Å²) in [6.07, 6.45) is 7.54. The maximum absolute atomic E-state index is 3.38. The zero-order chi connectivity index (χ0) is 9.97. The van der Waals surface area contributed by atoms with Gasteiger partial charge in [-0.05, 0) is 56.0 Å². The van der Waals surface area contributed by atoms with E-state index in [2.05, 4.69) is 19.2 Å². The van der Waals surface area contributed by atoms with Crippen LogP contribution in [-0.4, -0.2) is 13.1 Å². The third-order valence-electron chi connectivity index (χ3n) is 4.37. The summed E-state index contributed by atoms with van der Waals surface area (Å²) in [5.74, 6) is 4.04. The molecule has 1 aliphatic carbocycles. The molecule has 0 radical (unpaired) electrons. The molecule has 82 valence electrons. The lowest BCUT2D eigenvalue weighted by Crippen LogP contribution is -2.43. The first-order valence-electron chi connectivity index (χ1n) is 6.46. The molecule has 0 aromatic rings. The monoisotopic (exact) mass is 195 g/mol. The first kappa shape index (κ1) is 10.5. The van der Waals surface area contributed by atoms with Crippen LogP contribution in [-0.2, 0) is 0 Å². The summed E-state index contributed by atoms with van der Waals surface area (Å²) >= 11 is 0. The van der Waals surface area contributed by atoms with Gasteiger partial charge in [-0.2, -0.15) is 0 Å². The summed E-state index contributed by atoms with van der Waals surface area (Å²) < 4.78 is 0. The molecule has 0 aromatic carbocycles. The predicted molar refractivity (Wildman–Crippen MR) is 61.3 cm³/mol. The maximum Gasteiger partial charge on any atom is -0.000815 e. The van der Waals surface area contributed by atoms with Crippen molar-refractivity contribution in [2.75, 3.05) is 13.1 Å². The average molecular weight is 195 g/mol. The molecule has 14 heavy (non-hydrogen) atoms. The van der Waals surface area contributed by atoms with Crippen LogP contribution in [0.1, 0.15) is 46.0 Å². The number of nitrogens with one attached hydrogen (secondary N) is 1. The third-order valence-corrected chi connectivity index (χ3v) is 4.37. The van der Waals surface area contributed by atoms with E-state index in [0.29, 0.717) is 0 Å². The molecule has 1 saturated carbocycles. The van der Waals surface area contributed by atoms with Gasteiger partial charge in [0.1, 0.15) is 0 Å². The Kier molecular flexibility index (Phi) is 3.48. The van der Waals surface area contributed by atoms with Gasteiger partial charge in [0.15, 0.2) is 0 Å². The molecule has 2 rings (SSSR count). The molecule has 1 heterocycles. The van der Waals surface area contributed by atoms with Crippen molar-refractivity contribution in [3.05, 3.63) is 0 Å². The molecule has 0 spiro atoms. The molecule has 1 N–H and O–H groups in total. The van der Waals surface area contributed by atoms with Gasteiger partial charge in [-0.15, -0.1) is 0 Å². The second-order valence-electron chi connectivity index (χ2n) is 5.78. The standard InChI is InChI=1S/C13H25N/c1-10(2)13-5-3-11(4-6-13)7-12-8-14-9-12/h10-14H,3-9H2,1-2H3. The lowest BCUT2D eigenvalue weighted by atomic mass is 9.74. The van der Waals surface area contributed by atoms with Gasteiger partial charge in [0.05, 0.1) is 0 Å². The maximum atomic E-state index is 3.38. The van der Waals surface area contributed by atoms with Gasteiger partial charge >= 0.3 is 0 Å². The molecular weight excluding hydrogens is 170 g/mol. The normalized spacial score (nSPS) is 34.5. The van der Waals surface area contributed by atoms with Crippen molar-refractivity contribution in [1.29, 1.82) is 0 Å². The quantitative estimate of drug-likeness (QED) is 0.730. The van der Waals surface area contributed by atoms with Crippen molar-refractivity contribution in [3.63, 3.8) is 0 Å². The first-order valence-corrected chi connectivity index (χ1v) is 6.46. The zero-order valence-electron chi connectivity index (χ0n) is 9.76. The van der Waals surface area contributed by atoms with Crippen LogP contribution in [0.4, 0.5) is 0 Å². The highest BCUT2D eigenvalue weighted by molar-refractivity contribution is 4.81. The van der Waals surface area contributed by atoms with Crippen molar-refractivity contribution in [3.8, 4) is 0 Å². The van der Waals surface area contributed by atoms with Crippen LogP contribution in [0, 0.1) is 23.7 Å². The minimum Gasteiger partial charge on any atom is -0.316 e. The Hall–Kier alpha value is -0.0400. The van der Waals surface area contributed by atoms with Crippen LogP contribution < -0.4 is 5.32 Å². The fraction of sp³-hybridized carbons (Fsp3) is 1.00. The molecule has 0 unspecified atom stereocenters. The van der Waals surface area contributed by atoms with Crippen LogP contribution in [0.15, 0.2) is 0 Å². The molecule has 2 aliphatic rings. The van der Waals surface area contributed by atoms with Crippen LogP contribution in [0.3, 0.4) is 0 Å². The molecule has 1 saturated heterocycles.